The van der Waals surface area contributed by atoms with Crippen LogP contribution in [0.3, 0.4) is 0 Å². The highest BCUT2D eigenvalue weighted by Gasteiger charge is 2.21. The van der Waals surface area contributed by atoms with Crippen LogP contribution in [0, 0.1) is 0 Å². The highest BCUT2D eigenvalue weighted by Crippen LogP contribution is 2.40. The number of aromatic nitrogens is 2. The minimum atomic E-state index is -1.35. The third kappa shape index (κ3) is 5.06. The average Bonchev–Trinajstić information content (AvgIpc) is 2.63. The van der Waals surface area contributed by atoms with Crippen molar-refractivity contribution < 1.29 is 19.8 Å². The van der Waals surface area contributed by atoms with Gasteiger partial charge in [0, 0.05) is 6.07 Å². The number of anilines is 1. The summed E-state index contributed by atoms with van der Waals surface area (Å²) in [6.45, 7) is 3.48. The molecule has 2 aromatic rings. The van der Waals surface area contributed by atoms with Crippen molar-refractivity contribution in [2.45, 2.75) is 19.8 Å². The molecule has 0 saturated heterocycles. The van der Waals surface area contributed by atoms with E-state index in [1.165, 1.54) is 12.1 Å². The van der Waals surface area contributed by atoms with Gasteiger partial charge in [0.25, 0.3) is 0 Å². The molecular weight excluding hydrogens is 433 g/mol. The van der Waals surface area contributed by atoms with Crippen molar-refractivity contribution in [3.05, 3.63) is 39.0 Å². The van der Waals surface area contributed by atoms with E-state index >= 15 is 0 Å². The van der Waals surface area contributed by atoms with Crippen LogP contribution in [-0.2, 0) is 0 Å². The maximum absolute atomic E-state index is 11.5. The van der Waals surface area contributed by atoms with Gasteiger partial charge in [-0.3, -0.25) is 4.90 Å². The summed E-state index contributed by atoms with van der Waals surface area (Å²) in [5.74, 6) is -0.0435. The third-order valence-electron chi connectivity index (χ3n) is 3.56. The van der Waals surface area contributed by atoms with E-state index < -0.39 is 6.09 Å². The first-order valence-electron chi connectivity index (χ1n) is 7.80. The molecule has 1 heterocycles. The maximum Gasteiger partial charge on any atom is 0.412 e. The number of nitrogens with two attached hydrogens (primary N) is 1. The molecule has 0 fully saturated rings. The number of carboxylic acid groups (broad SMARTS) is 1. The molecule has 0 aliphatic heterocycles. The molecule has 0 atom stereocenters. The molecule has 0 spiro atoms. The van der Waals surface area contributed by atoms with Gasteiger partial charge in [-0.1, -0.05) is 53.8 Å². The zero-order valence-corrected chi connectivity index (χ0v) is 17.0. The van der Waals surface area contributed by atoms with E-state index in [4.69, 9.17) is 50.5 Å². The highest BCUT2D eigenvalue weighted by molar-refractivity contribution is 6.37. The van der Waals surface area contributed by atoms with Crippen molar-refractivity contribution in [3.8, 4) is 11.6 Å². The SMILES string of the molecule is CC(C)c1cc(Oc2c(Cl)cc(N(C/C(N)=N\O)C(=O)O)cc2Cl)nnc1Cl. The van der Waals surface area contributed by atoms with Crippen molar-refractivity contribution in [3.63, 3.8) is 0 Å². The smallest absolute Gasteiger partial charge is 0.412 e. The summed E-state index contributed by atoms with van der Waals surface area (Å²) in [6.07, 6.45) is -1.35. The lowest BCUT2D eigenvalue weighted by atomic mass is 10.1. The van der Waals surface area contributed by atoms with Crippen LogP contribution in [0.15, 0.2) is 23.4 Å². The van der Waals surface area contributed by atoms with Gasteiger partial charge in [-0.25, -0.2) is 4.79 Å². The van der Waals surface area contributed by atoms with Crippen molar-refractivity contribution in [2.24, 2.45) is 10.9 Å². The van der Waals surface area contributed by atoms with Crippen molar-refractivity contribution in [1.29, 1.82) is 0 Å². The fraction of sp³-hybridized carbons (Fsp3) is 0.250. The molecule has 0 aliphatic carbocycles. The van der Waals surface area contributed by atoms with Crippen LogP contribution < -0.4 is 15.4 Å². The number of carbonyl (C=O) groups is 1. The largest absolute Gasteiger partial charge is 0.465 e. The number of halogens is 3. The summed E-state index contributed by atoms with van der Waals surface area (Å²) in [6, 6.07) is 4.24. The van der Waals surface area contributed by atoms with E-state index in [1.807, 2.05) is 13.8 Å². The Bertz CT molecular complexity index is 900. The van der Waals surface area contributed by atoms with Crippen LogP contribution >= 0.6 is 34.8 Å². The number of nitrogens with zero attached hydrogens (tertiary/aromatic N) is 4. The minimum absolute atomic E-state index is 0.0242. The molecule has 1 aromatic heterocycles. The number of hydrogen-bond donors (Lipinski definition) is 3. The first kappa shape index (κ1) is 21.8. The molecule has 0 aliphatic rings. The lowest BCUT2D eigenvalue weighted by Crippen LogP contribution is -2.37. The van der Waals surface area contributed by atoms with Crippen LogP contribution in [0.5, 0.6) is 11.6 Å². The monoisotopic (exact) mass is 447 g/mol. The number of rotatable bonds is 6. The second kappa shape index (κ2) is 9.13. The molecule has 0 radical (unpaired) electrons. The Balaban J connectivity index is 2.38. The molecule has 4 N–H and O–H groups in total. The molecule has 0 unspecified atom stereocenters. The topological polar surface area (TPSA) is 134 Å². The molecule has 28 heavy (non-hydrogen) atoms. The summed E-state index contributed by atoms with van der Waals surface area (Å²) in [5, 5.41) is 28.8. The second-order valence-corrected chi connectivity index (χ2v) is 7.06. The number of oxime groups is 1. The fourth-order valence-corrected chi connectivity index (χ4v) is 3.06. The molecule has 1 amide bonds. The number of hydrogen-bond acceptors (Lipinski definition) is 6. The van der Waals surface area contributed by atoms with Crippen LogP contribution in [0.4, 0.5) is 10.5 Å². The summed E-state index contributed by atoms with van der Waals surface area (Å²) in [5.41, 5.74) is 6.22. The lowest BCUT2D eigenvalue weighted by molar-refractivity contribution is 0.202. The normalized spacial score (nSPS) is 11.6. The van der Waals surface area contributed by atoms with Gasteiger partial charge in [0.05, 0.1) is 22.3 Å². The first-order valence-corrected chi connectivity index (χ1v) is 8.94. The maximum atomic E-state index is 11.5. The van der Waals surface area contributed by atoms with Gasteiger partial charge in [-0.15, -0.1) is 10.2 Å². The zero-order chi connectivity index (χ0) is 21.0. The molecule has 150 valence electrons. The van der Waals surface area contributed by atoms with E-state index in [2.05, 4.69) is 15.4 Å². The third-order valence-corrected chi connectivity index (χ3v) is 4.41. The number of amides is 1. The Morgan fingerprint density at radius 3 is 2.36 bits per heavy atom. The van der Waals surface area contributed by atoms with Crippen molar-refractivity contribution >= 4 is 52.4 Å². The number of benzene rings is 1. The first-order chi connectivity index (χ1) is 13.1. The minimum Gasteiger partial charge on any atom is -0.465 e. The van der Waals surface area contributed by atoms with Gasteiger partial charge in [-0.2, -0.15) is 0 Å². The Labute approximate surface area is 175 Å². The van der Waals surface area contributed by atoms with E-state index in [-0.39, 0.29) is 50.8 Å². The number of ether oxygens (including phenoxy) is 1. The van der Waals surface area contributed by atoms with Crippen LogP contribution in [0.25, 0.3) is 0 Å². The van der Waals surface area contributed by atoms with Crippen LogP contribution in [0.1, 0.15) is 25.3 Å². The zero-order valence-electron chi connectivity index (χ0n) is 14.7. The summed E-state index contributed by atoms with van der Waals surface area (Å²) in [7, 11) is 0. The Kier molecular flexibility index (Phi) is 7.11. The van der Waals surface area contributed by atoms with Gasteiger partial charge >= 0.3 is 6.09 Å². The van der Waals surface area contributed by atoms with Crippen molar-refractivity contribution in [1.82, 2.24) is 10.2 Å². The molecule has 2 rings (SSSR count). The molecular formula is C16H16Cl3N5O4. The van der Waals surface area contributed by atoms with E-state index in [0.717, 1.165) is 10.5 Å². The quantitative estimate of drug-likeness (QED) is 0.255. The van der Waals surface area contributed by atoms with Crippen LogP contribution in [0.2, 0.25) is 15.2 Å². The van der Waals surface area contributed by atoms with Gasteiger partial charge < -0.3 is 20.8 Å². The molecule has 1 aromatic carbocycles. The van der Waals surface area contributed by atoms with Gasteiger partial charge in [0.1, 0.15) is 0 Å². The van der Waals surface area contributed by atoms with E-state index in [9.17, 15) is 9.90 Å². The van der Waals surface area contributed by atoms with Crippen LogP contribution in [-0.4, -0.2) is 39.0 Å². The second-order valence-electron chi connectivity index (χ2n) is 5.88. The Hall–Kier alpha value is -2.49. The molecule has 12 heteroatoms. The predicted octanol–water partition coefficient (Wildman–Crippen LogP) is 4.58. The van der Waals surface area contributed by atoms with Gasteiger partial charge in [0.2, 0.25) is 5.88 Å². The summed E-state index contributed by atoms with van der Waals surface area (Å²) >= 11 is 18.5. The fourth-order valence-electron chi connectivity index (χ4n) is 2.19. The highest BCUT2D eigenvalue weighted by atomic mass is 35.5. The standard InChI is InChI=1S/C16H16Cl3N5O4/c1-7(2)9-5-13(21-22-15(9)19)28-14-10(17)3-8(4-11(14)18)24(16(25)26)6-12(20)23-27/h3-5,7,27H,6H2,1-2H3,(H2,20,23)(H,25,26). The predicted molar refractivity (Wildman–Crippen MR) is 106 cm³/mol. The van der Waals surface area contributed by atoms with Gasteiger partial charge in [-0.05, 0) is 23.6 Å². The molecule has 0 saturated carbocycles. The van der Waals surface area contributed by atoms with Crippen molar-refractivity contribution in [2.75, 3.05) is 11.4 Å². The van der Waals surface area contributed by atoms with E-state index in [0.29, 0.717) is 0 Å². The van der Waals surface area contributed by atoms with E-state index in [1.54, 1.807) is 6.07 Å². The van der Waals surface area contributed by atoms with Gasteiger partial charge in [0.15, 0.2) is 16.7 Å². The molecule has 0 bridgehead atoms. The molecule has 9 nitrogen and oxygen atoms in total. The summed E-state index contributed by atoms with van der Waals surface area (Å²) in [4.78, 5) is 12.3. The Morgan fingerprint density at radius 2 is 1.86 bits per heavy atom. The number of amidine groups is 1. The lowest BCUT2D eigenvalue weighted by Gasteiger charge is -2.20. The Morgan fingerprint density at radius 1 is 1.25 bits per heavy atom. The average molecular weight is 449 g/mol. The summed E-state index contributed by atoms with van der Waals surface area (Å²) < 4.78 is 5.63.